The maximum absolute atomic E-state index is 10.4. The van der Waals surface area contributed by atoms with Gasteiger partial charge in [0.25, 0.3) is 0 Å². The molecule has 5 nitrogen and oxygen atoms in total. The first kappa shape index (κ1) is 21.4. The number of aliphatic hydroxyl groups is 1. The number of rotatable bonds is 7. The van der Waals surface area contributed by atoms with Crippen molar-refractivity contribution < 1.29 is 9.84 Å². The van der Waals surface area contributed by atoms with Gasteiger partial charge in [0.1, 0.15) is 18.5 Å². The fraction of sp³-hybridized carbons (Fsp3) is 0.211. The summed E-state index contributed by atoms with van der Waals surface area (Å²) in [7, 11) is 0. The van der Waals surface area contributed by atoms with Gasteiger partial charge in [-0.1, -0.05) is 41.4 Å². The highest BCUT2D eigenvalue weighted by atomic mass is 35.5. The third-order valence-corrected chi connectivity index (χ3v) is 4.54. The number of aliphatic hydroxyl groups excluding tert-OH is 1. The first-order chi connectivity index (χ1) is 12.5. The zero-order valence-corrected chi connectivity index (χ0v) is 16.8. The Hall–Kier alpha value is -1.92. The molecule has 0 radical (unpaired) electrons. The molecule has 2 N–H and O–H groups in total. The average Bonchev–Trinajstić information content (AvgIpc) is 2.87. The van der Waals surface area contributed by atoms with Crippen molar-refractivity contribution in [3.8, 4) is 5.75 Å². The molecule has 0 aliphatic heterocycles. The smallest absolute Gasteiger partial charge is 0.203 e. The Morgan fingerprint density at radius 1 is 1.15 bits per heavy atom. The van der Waals surface area contributed by atoms with Crippen LogP contribution < -0.4 is 10.4 Å². The Bertz CT molecular complexity index is 998. The second-order valence-corrected chi connectivity index (χ2v) is 6.71. The van der Waals surface area contributed by atoms with E-state index in [1.54, 1.807) is 28.8 Å². The molecule has 27 heavy (non-hydrogen) atoms. The molecule has 1 unspecified atom stereocenters. The molecule has 0 aliphatic rings. The number of nitrogens with zero attached hydrogens (tertiary/aromatic N) is 2. The summed E-state index contributed by atoms with van der Waals surface area (Å²) in [5.41, 5.74) is 2.10. The molecule has 0 fully saturated rings. The number of allylic oxidation sites excluding steroid dienone is 1. The lowest BCUT2D eigenvalue weighted by Gasteiger charge is -2.14. The molecule has 0 spiro atoms. The van der Waals surface area contributed by atoms with E-state index in [-0.39, 0.29) is 25.6 Å². The molecule has 3 aromatic rings. The van der Waals surface area contributed by atoms with Crippen LogP contribution in [0.2, 0.25) is 10.0 Å². The Balaban J connectivity index is 0.00000261. The van der Waals surface area contributed by atoms with Gasteiger partial charge in [0.05, 0.1) is 22.6 Å². The van der Waals surface area contributed by atoms with E-state index in [1.807, 2.05) is 28.8 Å². The summed E-state index contributed by atoms with van der Waals surface area (Å²) in [5.74, 6) is 0.459. The molecule has 1 atom stereocenters. The molecule has 0 bridgehead atoms. The van der Waals surface area contributed by atoms with E-state index in [4.69, 9.17) is 33.3 Å². The normalized spacial score (nSPS) is 11.8. The van der Waals surface area contributed by atoms with Crippen molar-refractivity contribution in [2.45, 2.75) is 19.2 Å². The number of fused-ring (bicyclic) bond motifs is 1. The fourth-order valence-electron chi connectivity index (χ4n) is 2.83. The molecule has 0 saturated carbocycles. The predicted molar refractivity (Wildman–Crippen MR) is 111 cm³/mol. The first-order valence-electron chi connectivity index (χ1n) is 8.10. The summed E-state index contributed by atoms with van der Waals surface area (Å²) in [5, 5.41) is 19.7. The van der Waals surface area contributed by atoms with E-state index in [0.29, 0.717) is 28.0 Å². The molecule has 8 heteroatoms. The average molecular weight is 429 g/mol. The van der Waals surface area contributed by atoms with Crippen LogP contribution in [0, 0.1) is 5.41 Å². The predicted octanol–water partition coefficient (Wildman–Crippen LogP) is 4.28. The van der Waals surface area contributed by atoms with Crippen LogP contribution >= 0.6 is 35.6 Å². The number of hydrogen-bond acceptors (Lipinski definition) is 3. The summed E-state index contributed by atoms with van der Waals surface area (Å²) >= 11 is 11.9. The number of halogens is 3. The van der Waals surface area contributed by atoms with E-state index in [1.165, 1.54) is 0 Å². The minimum absolute atomic E-state index is 0. The second kappa shape index (κ2) is 9.33. The van der Waals surface area contributed by atoms with Crippen molar-refractivity contribution in [2.75, 3.05) is 6.61 Å². The number of aromatic nitrogens is 2. The molecule has 0 saturated heterocycles. The van der Waals surface area contributed by atoms with E-state index >= 15 is 0 Å². The quantitative estimate of drug-likeness (QED) is 0.552. The number of hydrogen-bond donors (Lipinski definition) is 2. The highest BCUT2D eigenvalue weighted by Crippen LogP contribution is 2.27. The summed E-state index contributed by atoms with van der Waals surface area (Å²) < 4.78 is 9.19. The van der Waals surface area contributed by atoms with Crippen molar-refractivity contribution in [1.29, 1.82) is 5.41 Å². The summed E-state index contributed by atoms with van der Waals surface area (Å²) in [6.07, 6.45) is 0.940. The van der Waals surface area contributed by atoms with Crippen LogP contribution in [0.1, 0.15) is 0 Å². The first-order valence-corrected chi connectivity index (χ1v) is 8.86. The summed E-state index contributed by atoms with van der Waals surface area (Å²) in [4.78, 5) is 0. The van der Waals surface area contributed by atoms with Gasteiger partial charge in [-0.2, -0.15) is 0 Å². The van der Waals surface area contributed by atoms with E-state index in [2.05, 4.69) is 6.58 Å². The van der Waals surface area contributed by atoms with Crippen LogP contribution in [-0.2, 0) is 13.1 Å². The van der Waals surface area contributed by atoms with Crippen molar-refractivity contribution in [3.63, 3.8) is 0 Å². The van der Waals surface area contributed by atoms with Crippen molar-refractivity contribution in [3.05, 3.63) is 70.8 Å². The molecule has 2 aromatic carbocycles. The van der Waals surface area contributed by atoms with Crippen LogP contribution in [0.4, 0.5) is 0 Å². The van der Waals surface area contributed by atoms with Gasteiger partial charge in [-0.3, -0.25) is 5.41 Å². The van der Waals surface area contributed by atoms with Crippen LogP contribution in [0.15, 0.2) is 55.1 Å². The summed E-state index contributed by atoms with van der Waals surface area (Å²) in [6, 6.07) is 12.6. The minimum Gasteiger partial charge on any atom is -0.489 e. The minimum atomic E-state index is -0.807. The highest BCUT2D eigenvalue weighted by Gasteiger charge is 2.14. The van der Waals surface area contributed by atoms with Gasteiger partial charge in [0.15, 0.2) is 0 Å². The Morgan fingerprint density at radius 3 is 2.44 bits per heavy atom. The molecular formula is C19H20Cl3N3O2. The zero-order chi connectivity index (χ0) is 18.7. The van der Waals surface area contributed by atoms with Crippen LogP contribution in [-0.4, -0.2) is 27.0 Å². The van der Waals surface area contributed by atoms with Gasteiger partial charge in [-0.15, -0.1) is 19.0 Å². The van der Waals surface area contributed by atoms with Crippen LogP contribution in [0.3, 0.4) is 0 Å². The zero-order valence-electron chi connectivity index (χ0n) is 14.4. The Morgan fingerprint density at radius 2 is 1.81 bits per heavy atom. The monoisotopic (exact) mass is 427 g/mol. The standard InChI is InChI=1S/C19H19Cl2N3O2.ClH/c1-2-9-23-16-5-3-4-6-17(16)24(19(23)22)11-14(25)12-26-18-8-7-13(20)10-15(18)21;/h2-8,10,14,22,25H,1,9,11-12H2;1H. The van der Waals surface area contributed by atoms with Crippen molar-refractivity contribution in [1.82, 2.24) is 9.13 Å². The van der Waals surface area contributed by atoms with Gasteiger partial charge in [-0.25, -0.2) is 0 Å². The lowest BCUT2D eigenvalue weighted by atomic mass is 10.3. The Labute approximate surface area is 173 Å². The van der Waals surface area contributed by atoms with Gasteiger partial charge in [-0.05, 0) is 30.3 Å². The van der Waals surface area contributed by atoms with Crippen LogP contribution in [0.5, 0.6) is 5.75 Å². The molecule has 3 rings (SSSR count). The number of nitrogens with one attached hydrogen (secondary N) is 1. The molecule has 1 aromatic heterocycles. The molecule has 0 aliphatic carbocycles. The largest absolute Gasteiger partial charge is 0.489 e. The van der Waals surface area contributed by atoms with Gasteiger partial charge in [0, 0.05) is 11.6 Å². The van der Waals surface area contributed by atoms with E-state index in [9.17, 15) is 5.11 Å². The topological polar surface area (TPSA) is 63.2 Å². The summed E-state index contributed by atoms with van der Waals surface area (Å²) in [6.45, 7) is 4.56. The van der Waals surface area contributed by atoms with Crippen molar-refractivity contribution in [2.24, 2.45) is 0 Å². The van der Waals surface area contributed by atoms with E-state index in [0.717, 1.165) is 11.0 Å². The Kier molecular flexibility index (Phi) is 7.39. The highest BCUT2D eigenvalue weighted by molar-refractivity contribution is 6.35. The van der Waals surface area contributed by atoms with Gasteiger partial charge < -0.3 is 19.0 Å². The van der Waals surface area contributed by atoms with E-state index < -0.39 is 6.10 Å². The molecule has 1 heterocycles. The fourth-order valence-corrected chi connectivity index (χ4v) is 3.30. The lowest BCUT2D eigenvalue weighted by molar-refractivity contribution is 0.0922. The van der Waals surface area contributed by atoms with Crippen molar-refractivity contribution >= 4 is 46.6 Å². The number of benzene rings is 2. The number of imidazole rings is 1. The van der Waals surface area contributed by atoms with Crippen LogP contribution in [0.25, 0.3) is 11.0 Å². The second-order valence-electron chi connectivity index (χ2n) is 5.86. The number of para-hydroxylation sites is 2. The third-order valence-electron chi connectivity index (χ3n) is 4.00. The number of ether oxygens (including phenoxy) is 1. The maximum atomic E-state index is 10.4. The van der Waals surface area contributed by atoms with Gasteiger partial charge in [0.2, 0.25) is 5.62 Å². The van der Waals surface area contributed by atoms with Gasteiger partial charge >= 0.3 is 0 Å². The molecule has 0 amide bonds. The maximum Gasteiger partial charge on any atom is 0.203 e. The SMILES string of the molecule is C=CCn1c(=N)n(CC(O)COc2ccc(Cl)cc2Cl)c2ccccc21.Cl. The third kappa shape index (κ3) is 4.68. The lowest BCUT2D eigenvalue weighted by Crippen LogP contribution is -2.31. The molecule has 144 valence electrons. The molecular weight excluding hydrogens is 409 g/mol.